The van der Waals surface area contributed by atoms with Crippen LogP contribution in [0.4, 0.5) is 5.69 Å². The van der Waals surface area contributed by atoms with E-state index < -0.39 is 0 Å². The SMILES string of the molecule is COc1cc(C)c(Cl)c(C)c1N(C)C1CNC1. The van der Waals surface area contributed by atoms with Gasteiger partial charge in [0.05, 0.1) is 18.8 Å². The fourth-order valence-electron chi connectivity index (χ4n) is 2.24. The molecule has 1 aliphatic rings. The molecular weight excluding hydrogens is 236 g/mol. The molecule has 0 aromatic heterocycles. The summed E-state index contributed by atoms with van der Waals surface area (Å²) >= 11 is 6.32. The highest BCUT2D eigenvalue weighted by molar-refractivity contribution is 6.32. The molecule has 1 aromatic rings. The molecule has 94 valence electrons. The van der Waals surface area contributed by atoms with E-state index in [1.807, 2.05) is 13.0 Å². The molecule has 0 unspecified atom stereocenters. The van der Waals surface area contributed by atoms with Crippen LogP contribution in [0.5, 0.6) is 5.75 Å². The van der Waals surface area contributed by atoms with Gasteiger partial charge in [0.1, 0.15) is 5.75 Å². The van der Waals surface area contributed by atoms with Crippen molar-refractivity contribution >= 4 is 17.3 Å². The first kappa shape index (κ1) is 12.5. The number of nitrogens with zero attached hydrogens (tertiary/aromatic N) is 1. The van der Waals surface area contributed by atoms with E-state index in [0.29, 0.717) is 6.04 Å². The molecule has 1 aliphatic heterocycles. The van der Waals surface area contributed by atoms with Gasteiger partial charge in [0.25, 0.3) is 0 Å². The number of aryl methyl sites for hydroxylation is 1. The number of benzene rings is 1. The third-order valence-corrected chi connectivity index (χ3v) is 4.07. The second-order valence-corrected chi connectivity index (χ2v) is 4.98. The first-order valence-corrected chi connectivity index (χ1v) is 6.21. The molecule has 0 spiro atoms. The fourth-order valence-corrected chi connectivity index (χ4v) is 2.38. The summed E-state index contributed by atoms with van der Waals surface area (Å²) in [6.45, 7) is 6.09. The number of rotatable bonds is 3. The molecule has 1 aromatic carbocycles. The maximum absolute atomic E-state index is 6.32. The Balaban J connectivity index is 2.46. The largest absolute Gasteiger partial charge is 0.495 e. The van der Waals surface area contributed by atoms with Gasteiger partial charge in [-0.1, -0.05) is 11.6 Å². The van der Waals surface area contributed by atoms with E-state index in [2.05, 4.69) is 24.2 Å². The van der Waals surface area contributed by atoms with Crippen LogP contribution in [0.15, 0.2) is 6.07 Å². The number of halogens is 1. The van der Waals surface area contributed by atoms with Crippen molar-refractivity contribution in [2.24, 2.45) is 0 Å². The van der Waals surface area contributed by atoms with Crippen LogP contribution in [-0.4, -0.2) is 33.3 Å². The average Bonchev–Trinajstić information content (AvgIpc) is 2.22. The van der Waals surface area contributed by atoms with E-state index in [1.54, 1.807) is 7.11 Å². The standard InChI is InChI=1S/C13H19ClN2O/c1-8-5-11(17-4)13(9(2)12(8)14)16(3)10-6-15-7-10/h5,10,15H,6-7H2,1-4H3. The Kier molecular flexibility index (Phi) is 3.50. The summed E-state index contributed by atoms with van der Waals surface area (Å²) < 4.78 is 5.48. The maximum Gasteiger partial charge on any atom is 0.142 e. The predicted octanol–water partition coefficient (Wildman–Crippen LogP) is 2.37. The normalized spacial score (nSPS) is 15.6. The molecule has 0 radical (unpaired) electrons. The average molecular weight is 255 g/mol. The van der Waals surface area contributed by atoms with Gasteiger partial charge in [-0.3, -0.25) is 0 Å². The van der Waals surface area contributed by atoms with Crippen molar-refractivity contribution in [1.82, 2.24) is 5.32 Å². The van der Waals surface area contributed by atoms with Crippen molar-refractivity contribution in [3.05, 3.63) is 22.2 Å². The van der Waals surface area contributed by atoms with Gasteiger partial charge in [-0.15, -0.1) is 0 Å². The molecule has 1 fully saturated rings. The van der Waals surface area contributed by atoms with Gasteiger partial charge >= 0.3 is 0 Å². The monoisotopic (exact) mass is 254 g/mol. The van der Waals surface area contributed by atoms with Crippen LogP contribution in [0.2, 0.25) is 5.02 Å². The number of likely N-dealkylation sites (N-methyl/N-ethyl adjacent to an activating group) is 1. The first-order valence-electron chi connectivity index (χ1n) is 5.83. The van der Waals surface area contributed by atoms with E-state index in [4.69, 9.17) is 16.3 Å². The number of hydrogen-bond acceptors (Lipinski definition) is 3. The molecular formula is C13H19ClN2O. The molecule has 2 rings (SSSR count). The van der Waals surface area contributed by atoms with E-state index in [1.165, 1.54) is 0 Å². The van der Waals surface area contributed by atoms with E-state index in [-0.39, 0.29) is 0 Å². The Morgan fingerprint density at radius 1 is 1.41 bits per heavy atom. The van der Waals surface area contributed by atoms with Gasteiger partial charge in [-0.25, -0.2) is 0 Å². The maximum atomic E-state index is 6.32. The summed E-state index contributed by atoms with van der Waals surface area (Å²) in [5, 5.41) is 4.11. The van der Waals surface area contributed by atoms with Gasteiger partial charge in [0, 0.05) is 25.2 Å². The zero-order valence-electron chi connectivity index (χ0n) is 10.8. The molecule has 0 amide bonds. The number of nitrogens with one attached hydrogen (secondary N) is 1. The van der Waals surface area contributed by atoms with Gasteiger partial charge in [-0.05, 0) is 31.0 Å². The Labute approximate surface area is 108 Å². The highest BCUT2D eigenvalue weighted by Gasteiger charge is 2.26. The van der Waals surface area contributed by atoms with E-state index in [0.717, 1.165) is 40.7 Å². The van der Waals surface area contributed by atoms with Gasteiger partial charge < -0.3 is 15.0 Å². The quantitative estimate of drug-likeness (QED) is 0.896. The van der Waals surface area contributed by atoms with Crippen LogP contribution in [0, 0.1) is 13.8 Å². The lowest BCUT2D eigenvalue weighted by molar-refractivity contribution is 0.400. The first-order chi connectivity index (χ1) is 8.06. The third kappa shape index (κ3) is 2.09. The number of methoxy groups -OCH3 is 1. The second kappa shape index (κ2) is 4.75. The number of hydrogen-bond donors (Lipinski definition) is 1. The summed E-state index contributed by atoms with van der Waals surface area (Å²) in [5.74, 6) is 0.902. The van der Waals surface area contributed by atoms with Crippen molar-refractivity contribution in [2.45, 2.75) is 19.9 Å². The molecule has 0 aliphatic carbocycles. The molecule has 1 heterocycles. The fraction of sp³-hybridized carbons (Fsp3) is 0.538. The number of ether oxygens (including phenoxy) is 1. The Bertz CT molecular complexity index is 430. The molecule has 3 nitrogen and oxygen atoms in total. The molecule has 4 heteroatoms. The Morgan fingerprint density at radius 2 is 2.06 bits per heavy atom. The molecule has 1 saturated heterocycles. The second-order valence-electron chi connectivity index (χ2n) is 4.61. The zero-order chi connectivity index (χ0) is 12.6. The van der Waals surface area contributed by atoms with E-state index >= 15 is 0 Å². The van der Waals surface area contributed by atoms with Crippen LogP contribution >= 0.6 is 11.6 Å². The summed E-state index contributed by atoms with van der Waals surface area (Å²) in [7, 11) is 3.81. The lowest BCUT2D eigenvalue weighted by Gasteiger charge is -2.38. The minimum absolute atomic E-state index is 0.529. The zero-order valence-corrected chi connectivity index (χ0v) is 11.6. The number of anilines is 1. The summed E-state index contributed by atoms with van der Waals surface area (Å²) in [6.07, 6.45) is 0. The topological polar surface area (TPSA) is 24.5 Å². The highest BCUT2D eigenvalue weighted by atomic mass is 35.5. The third-order valence-electron chi connectivity index (χ3n) is 3.49. The predicted molar refractivity (Wildman–Crippen MR) is 72.5 cm³/mol. The van der Waals surface area contributed by atoms with Crippen molar-refractivity contribution in [1.29, 1.82) is 0 Å². The van der Waals surface area contributed by atoms with Crippen LogP contribution in [0.3, 0.4) is 0 Å². The van der Waals surface area contributed by atoms with Crippen molar-refractivity contribution in [2.75, 3.05) is 32.1 Å². The molecule has 0 saturated carbocycles. The van der Waals surface area contributed by atoms with Crippen LogP contribution in [-0.2, 0) is 0 Å². The lowest BCUT2D eigenvalue weighted by atomic mass is 10.0. The summed E-state index contributed by atoms with van der Waals surface area (Å²) in [4.78, 5) is 2.26. The van der Waals surface area contributed by atoms with Crippen LogP contribution < -0.4 is 15.0 Å². The highest BCUT2D eigenvalue weighted by Crippen LogP contribution is 2.38. The van der Waals surface area contributed by atoms with Gasteiger partial charge in [0.15, 0.2) is 0 Å². The van der Waals surface area contributed by atoms with Crippen molar-refractivity contribution < 1.29 is 4.74 Å². The van der Waals surface area contributed by atoms with Crippen LogP contribution in [0.25, 0.3) is 0 Å². The summed E-state index contributed by atoms with van der Waals surface area (Å²) in [6, 6.07) is 2.54. The lowest BCUT2D eigenvalue weighted by Crippen LogP contribution is -2.56. The van der Waals surface area contributed by atoms with Gasteiger partial charge in [0.2, 0.25) is 0 Å². The van der Waals surface area contributed by atoms with Crippen molar-refractivity contribution in [3.63, 3.8) is 0 Å². The minimum atomic E-state index is 0.529. The van der Waals surface area contributed by atoms with Crippen molar-refractivity contribution in [3.8, 4) is 5.75 Å². The molecule has 0 bridgehead atoms. The van der Waals surface area contributed by atoms with Crippen LogP contribution in [0.1, 0.15) is 11.1 Å². The molecule has 1 N–H and O–H groups in total. The van der Waals surface area contributed by atoms with Gasteiger partial charge in [-0.2, -0.15) is 0 Å². The summed E-state index contributed by atoms with van der Waals surface area (Å²) in [5.41, 5.74) is 3.26. The van der Waals surface area contributed by atoms with E-state index in [9.17, 15) is 0 Å². The smallest absolute Gasteiger partial charge is 0.142 e. The molecule has 0 atom stereocenters. The minimum Gasteiger partial charge on any atom is -0.495 e. The molecule has 17 heavy (non-hydrogen) atoms. The Hall–Kier alpha value is -0.930. The Morgan fingerprint density at radius 3 is 2.53 bits per heavy atom.